The first-order valence-corrected chi connectivity index (χ1v) is 9.15. The molecule has 1 amide bonds. The summed E-state index contributed by atoms with van der Waals surface area (Å²) in [6, 6.07) is 1.93. The maximum atomic E-state index is 12.4. The molecule has 2 saturated heterocycles. The Morgan fingerprint density at radius 3 is 2.55 bits per heavy atom. The summed E-state index contributed by atoms with van der Waals surface area (Å²) in [7, 11) is 0. The third kappa shape index (κ3) is 3.43. The standard InChI is InChI=1S/C15H21BrN2OS/c16-14-9-13(11-20-14)15(19)18-7-3-12(4-8-18)10-17-5-1-2-6-17/h9,11-12H,1-8,10H2. The lowest BCUT2D eigenvalue weighted by atomic mass is 9.96. The number of nitrogens with zero attached hydrogens (tertiary/aromatic N) is 2. The normalized spacial score (nSPS) is 21.6. The minimum absolute atomic E-state index is 0.201. The van der Waals surface area contributed by atoms with Gasteiger partial charge >= 0.3 is 0 Å². The van der Waals surface area contributed by atoms with E-state index in [4.69, 9.17) is 0 Å². The van der Waals surface area contributed by atoms with Crippen molar-refractivity contribution >= 4 is 33.2 Å². The number of amides is 1. The molecule has 0 aromatic carbocycles. The zero-order chi connectivity index (χ0) is 13.9. The van der Waals surface area contributed by atoms with Crippen molar-refractivity contribution < 1.29 is 4.79 Å². The quantitative estimate of drug-likeness (QED) is 0.827. The summed E-state index contributed by atoms with van der Waals surface area (Å²) in [4.78, 5) is 17.0. The third-order valence-corrected chi connectivity index (χ3v) is 5.94. The molecule has 0 aliphatic carbocycles. The van der Waals surface area contributed by atoms with Gasteiger partial charge in [-0.2, -0.15) is 0 Å². The molecule has 3 heterocycles. The molecule has 3 rings (SSSR count). The van der Waals surface area contributed by atoms with E-state index in [1.54, 1.807) is 11.3 Å². The van der Waals surface area contributed by atoms with Gasteiger partial charge in [0.15, 0.2) is 0 Å². The minimum atomic E-state index is 0.201. The van der Waals surface area contributed by atoms with Gasteiger partial charge in [-0.1, -0.05) is 0 Å². The molecule has 3 nitrogen and oxygen atoms in total. The molecule has 1 aromatic heterocycles. The van der Waals surface area contributed by atoms with Crippen LogP contribution in [0.2, 0.25) is 0 Å². The number of thiophene rings is 1. The molecule has 2 aliphatic heterocycles. The number of hydrogen-bond acceptors (Lipinski definition) is 3. The summed E-state index contributed by atoms with van der Waals surface area (Å²) < 4.78 is 1.03. The second kappa shape index (κ2) is 6.58. The molecule has 2 aliphatic rings. The van der Waals surface area contributed by atoms with Gasteiger partial charge in [0.2, 0.25) is 0 Å². The van der Waals surface area contributed by atoms with E-state index in [1.807, 2.05) is 16.3 Å². The predicted molar refractivity (Wildman–Crippen MR) is 86.3 cm³/mol. The van der Waals surface area contributed by atoms with E-state index in [2.05, 4.69) is 20.8 Å². The van der Waals surface area contributed by atoms with Crippen LogP contribution in [0.25, 0.3) is 0 Å². The van der Waals surface area contributed by atoms with Crippen LogP contribution < -0.4 is 0 Å². The molecule has 0 N–H and O–H groups in total. The second-order valence-electron chi connectivity index (χ2n) is 5.88. The maximum Gasteiger partial charge on any atom is 0.254 e. The van der Waals surface area contributed by atoms with Crippen molar-refractivity contribution in [1.29, 1.82) is 0 Å². The number of likely N-dealkylation sites (tertiary alicyclic amines) is 2. The highest BCUT2D eigenvalue weighted by molar-refractivity contribution is 9.11. The number of carbonyl (C=O) groups excluding carboxylic acids is 1. The smallest absolute Gasteiger partial charge is 0.254 e. The Morgan fingerprint density at radius 2 is 1.95 bits per heavy atom. The molecular formula is C15H21BrN2OS. The van der Waals surface area contributed by atoms with Gasteiger partial charge in [-0.25, -0.2) is 0 Å². The molecule has 0 unspecified atom stereocenters. The van der Waals surface area contributed by atoms with Crippen LogP contribution in [0, 0.1) is 5.92 Å². The highest BCUT2D eigenvalue weighted by atomic mass is 79.9. The van der Waals surface area contributed by atoms with Crippen molar-refractivity contribution in [2.24, 2.45) is 5.92 Å². The topological polar surface area (TPSA) is 23.6 Å². The lowest BCUT2D eigenvalue weighted by Gasteiger charge is -2.33. The molecule has 0 saturated carbocycles. The average molecular weight is 357 g/mol. The van der Waals surface area contributed by atoms with Crippen LogP contribution in [0.4, 0.5) is 0 Å². The van der Waals surface area contributed by atoms with E-state index in [0.29, 0.717) is 0 Å². The fraction of sp³-hybridized carbons (Fsp3) is 0.667. The Labute approximate surface area is 133 Å². The Balaban J connectivity index is 1.49. The summed E-state index contributed by atoms with van der Waals surface area (Å²) in [6.45, 7) is 5.64. The van der Waals surface area contributed by atoms with Gasteiger partial charge in [0, 0.05) is 25.0 Å². The monoisotopic (exact) mass is 356 g/mol. The number of piperidine rings is 1. The Hall–Kier alpha value is -0.390. The van der Waals surface area contributed by atoms with Crippen LogP contribution in [0.1, 0.15) is 36.0 Å². The van der Waals surface area contributed by atoms with E-state index in [-0.39, 0.29) is 5.91 Å². The Kier molecular flexibility index (Phi) is 4.79. The van der Waals surface area contributed by atoms with E-state index in [1.165, 1.54) is 32.5 Å². The molecular weight excluding hydrogens is 336 g/mol. The fourth-order valence-electron chi connectivity index (χ4n) is 3.25. The van der Waals surface area contributed by atoms with Gasteiger partial charge in [0.1, 0.15) is 0 Å². The maximum absolute atomic E-state index is 12.4. The molecule has 0 bridgehead atoms. The molecule has 1 aromatic rings. The van der Waals surface area contributed by atoms with Crippen molar-refractivity contribution in [2.45, 2.75) is 25.7 Å². The first kappa shape index (κ1) is 14.5. The van der Waals surface area contributed by atoms with Gasteiger partial charge < -0.3 is 9.80 Å². The Bertz CT molecular complexity index is 462. The number of hydrogen-bond donors (Lipinski definition) is 0. The van der Waals surface area contributed by atoms with Crippen molar-refractivity contribution in [3.8, 4) is 0 Å². The molecule has 2 fully saturated rings. The van der Waals surface area contributed by atoms with Crippen LogP contribution in [0.3, 0.4) is 0 Å². The average Bonchev–Trinajstić information content (AvgIpc) is 3.10. The molecule has 0 radical (unpaired) electrons. The summed E-state index contributed by atoms with van der Waals surface area (Å²) in [6.07, 6.45) is 5.05. The largest absolute Gasteiger partial charge is 0.339 e. The summed E-state index contributed by atoms with van der Waals surface area (Å²) >= 11 is 5.01. The highest BCUT2D eigenvalue weighted by Gasteiger charge is 2.26. The molecule has 0 spiro atoms. The van der Waals surface area contributed by atoms with Crippen LogP contribution in [0.15, 0.2) is 15.2 Å². The summed E-state index contributed by atoms with van der Waals surface area (Å²) in [5, 5.41) is 1.95. The summed E-state index contributed by atoms with van der Waals surface area (Å²) in [5.74, 6) is 0.984. The zero-order valence-electron chi connectivity index (χ0n) is 11.7. The van der Waals surface area contributed by atoms with Crippen LogP contribution in [-0.2, 0) is 0 Å². The zero-order valence-corrected chi connectivity index (χ0v) is 14.1. The fourth-order valence-corrected chi connectivity index (χ4v) is 4.38. The number of rotatable bonds is 3. The van der Waals surface area contributed by atoms with E-state index in [0.717, 1.165) is 41.2 Å². The lowest BCUT2D eigenvalue weighted by molar-refractivity contribution is 0.0673. The Morgan fingerprint density at radius 1 is 1.25 bits per heavy atom. The first-order valence-electron chi connectivity index (χ1n) is 7.48. The highest BCUT2D eigenvalue weighted by Crippen LogP contribution is 2.25. The van der Waals surface area contributed by atoms with Crippen molar-refractivity contribution in [2.75, 3.05) is 32.7 Å². The van der Waals surface area contributed by atoms with Crippen molar-refractivity contribution in [3.63, 3.8) is 0 Å². The molecule has 5 heteroatoms. The van der Waals surface area contributed by atoms with E-state index >= 15 is 0 Å². The van der Waals surface area contributed by atoms with Crippen molar-refractivity contribution in [1.82, 2.24) is 9.80 Å². The van der Waals surface area contributed by atoms with Gasteiger partial charge in [-0.05, 0) is 66.7 Å². The lowest BCUT2D eigenvalue weighted by Crippen LogP contribution is -2.41. The van der Waals surface area contributed by atoms with Gasteiger partial charge in [-0.15, -0.1) is 11.3 Å². The SMILES string of the molecule is O=C(c1csc(Br)c1)N1CCC(CN2CCCC2)CC1. The third-order valence-electron chi connectivity index (χ3n) is 4.43. The van der Waals surface area contributed by atoms with Gasteiger partial charge in [0.25, 0.3) is 5.91 Å². The van der Waals surface area contributed by atoms with E-state index in [9.17, 15) is 4.79 Å². The molecule has 110 valence electrons. The van der Waals surface area contributed by atoms with Crippen LogP contribution in [-0.4, -0.2) is 48.4 Å². The number of halogens is 1. The van der Waals surface area contributed by atoms with Crippen LogP contribution in [0.5, 0.6) is 0 Å². The predicted octanol–water partition coefficient (Wildman–Crippen LogP) is 3.46. The van der Waals surface area contributed by atoms with E-state index < -0.39 is 0 Å². The minimum Gasteiger partial charge on any atom is -0.339 e. The molecule has 20 heavy (non-hydrogen) atoms. The van der Waals surface area contributed by atoms with Crippen molar-refractivity contribution in [3.05, 3.63) is 20.8 Å². The summed E-state index contributed by atoms with van der Waals surface area (Å²) in [5.41, 5.74) is 0.833. The van der Waals surface area contributed by atoms with Gasteiger partial charge in [-0.3, -0.25) is 4.79 Å². The first-order chi connectivity index (χ1) is 9.72. The number of carbonyl (C=O) groups is 1. The second-order valence-corrected chi connectivity index (χ2v) is 8.17. The molecule has 0 atom stereocenters. The van der Waals surface area contributed by atoms with Gasteiger partial charge in [0.05, 0.1) is 9.35 Å². The van der Waals surface area contributed by atoms with Crippen LogP contribution >= 0.6 is 27.3 Å².